The van der Waals surface area contributed by atoms with Gasteiger partial charge in [0.2, 0.25) is 0 Å². The molecule has 2 rings (SSSR count). The van der Waals surface area contributed by atoms with Gasteiger partial charge in [-0.05, 0) is 49.9 Å². The maximum atomic E-state index is 2.24. The first-order valence-electron chi connectivity index (χ1n) is 7.39. The summed E-state index contributed by atoms with van der Waals surface area (Å²) in [6.07, 6.45) is 4.40. The van der Waals surface area contributed by atoms with E-state index in [1.165, 1.54) is 33.4 Å². The van der Waals surface area contributed by atoms with E-state index in [2.05, 4.69) is 76.2 Å². The number of hydrogen-bond acceptors (Lipinski definition) is 0. The van der Waals surface area contributed by atoms with E-state index in [0.29, 0.717) is 0 Å². The molecule has 2 aromatic rings. The van der Waals surface area contributed by atoms with Crippen LogP contribution in [-0.2, 0) is 0 Å². The van der Waals surface area contributed by atoms with Crippen LogP contribution in [0.2, 0.25) is 0 Å². The second-order valence-electron chi connectivity index (χ2n) is 5.06. The molecule has 0 heterocycles. The lowest BCUT2D eigenvalue weighted by Gasteiger charge is -2.07. The highest BCUT2D eigenvalue weighted by Gasteiger charge is 1.99. The Hall–Kier alpha value is -1.82. The Balaban J connectivity index is 0.000000956. The highest BCUT2D eigenvalue weighted by atomic mass is 14.0. The molecule has 2 aromatic carbocycles. The molecule has 106 valence electrons. The summed E-state index contributed by atoms with van der Waals surface area (Å²) in [5.41, 5.74) is 7.90. The Morgan fingerprint density at radius 2 is 1.15 bits per heavy atom. The lowest BCUT2D eigenvalue weighted by molar-refractivity contribution is 1.30. The van der Waals surface area contributed by atoms with E-state index < -0.39 is 0 Å². The van der Waals surface area contributed by atoms with Gasteiger partial charge < -0.3 is 0 Å². The summed E-state index contributed by atoms with van der Waals surface area (Å²) in [4.78, 5) is 0. The summed E-state index contributed by atoms with van der Waals surface area (Å²) in [7, 11) is 0. The number of rotatable bonds is 2. The first-order valence-corrected chi connectivity index (χ1v) is 7.39. The van der Waals surface area contributed by atoms with Crippen LogP contribution in [0.4, 0.5) is 0 Å². The van der Waals surface area contributed by atoms with E-state index in [9.17, 15) is 0 Å². The summed E-state index contributed by atoms with van der Waals surface area (Å²) in [6, 6.07) is 13.1. The van der Waals surface area contributed by atoms with Crippen molar-refractivity contribution in [1.29, 1.82) is 0 Å². The SMILES string of the molecule is CC.Cc1ccc(/C=C/c2c(C)cc(C)cc2C)cc1. The van der Waals surface area contributed by atoms with E-state index in [4.69, 9.17) is 0 Å². The first-order chi connectivity index (χ1) is 9.56. The average Bonchev–Trinajstić information content (AvgIpc) is 2.42. The molecular weight excluding hydrogens is 240 g/mol. The Kier molecular flexibility index (Phi) is 6.24. The van der Waals surface area contributed by atoms with E-state index in [-0.39, 0.29) is 0 Å². The fraction of sp³-hybridized carbons (Fsp3) is 0.300. The van der Waals surface area contributed by atoms with Gasteiger partial charge in [-0.15, -0.1) is 0 Å². The Morgan fingerprint density at radius 1 is 0.650 bits per heavy atom. The van der Waals surface area contributed by atoms with Crippen molar-refractivity contribution in [2.75, 3.05) is 0 Å². The van der Waals surface area contributed by atoms with Gasteiger partial charge in [0, 0.05) is 0 Å². The fourth-order valence-electron chi connectivity index (χ4n) is 2.31. The molecule has 0 aliphatic heterocycles. The van der Waals surface area contributed by atoms with Crippen LogP contribution in [0.15, 0.2) is 36.4 Å². The molecule has 20 heavy (non-hydrogen) atoms. The molecule has 0 bridgehead atoms. The summed E-state index contributed by atoms with van der Waals surface area (Å²) < 4.78 is 0. The van der Waals surface area contributed by atoms with Gasteiger partial charge in [-0.2, -0.15) is 0 Å². The number of aryl methyl sites for hydroxylation is 4. The quantitative estimate of drug-likeness (QED) is 0.575. The molecule has 0 nitrogen and oxygen atoms in total. The van der Waals surface area contributed by atoms with Crippen LogP contribution in [0.1, 0.15) is 47.2 Å². The molecule has 0 saturated heterocycles. The van der Waals surface area contributed by atoms with Crippen molar-refractivity contribution in [2.45, 2.75) is 41.5 Å². The van der Waals surface area contributed by atoms with Gasteiger partial charge in [0.25, 0.3) is 0 Å². The van der Waals surface area contributed by atoms with Gasteiger partial charge in [-0.1, -0.05) is 73.5 Å². The molecule has 0 fully saturated rings. The predicted molar refractivity (Wildman–Crippen MR) is 92.1 cm³/mol. The Bertz CT molecular complexity index is 548. The minimum absolute atomic E-state index is 1.25. The van der Waals surface area contributed by atoms with Crippen LogP contribution in [0.5, 0.6) is 0 Å². The van der Waals surface area contributed by atoms with Crippen LogP contribution in [0.25, 0.3) is 12.2 Å². The third-order valence-corrected chi connectivity index (χ3v) is 3.26. The fourth-order valence-corrected chi connectivity index (χ4v) is 2.31. The molecule has 0 radical (unpaired) electrons. The lowest BCUT2D eigenvalue weighted by atomic mass is 9.99. The summed E-state index contributed by atoms with van der Waals surface area (Å²) in [5.74, 6) is 0. The molecule has 0 unspecified atom stereocenters. The Labute approximate surface area is 124 Å². The van der Waals surface area contributed by atoms with Crippen molar-refractivity contribution in [3.63, 3.8) is 0 Å². The Morgan fingerprint density at radius 3 is 1.65 bits per heavy atom. The number of hydrogen-bond donors (Lipinski definition) is 0. The molecule has 0 aliphatic rings. The third-order valence-electron chi connectivity index (χ3n) is 3.26. The molecule has 0 N–H and O–H groups in total. The van der Waals surface area contributed by atoms with Crippen molar-refractivity contribution in [3.8, 4) is 0 Å². The standard InChI is InChI=1S/C18H20.C2H6/c1-13-5-7-17(8-6-13)9-10-18-15(3)11-14(2)12-16(18)4;1-2/h5-12H,1-4H3;1-2H3/b10-9+;. The van der Waals surface area contributed by atoms with Gasteiger partial charge in [0.15, 0.2) is 0 Å². The summed E-state index contributed by atoms with van der Waals surface area (Å²) >= 11 is 0. The molecule has 0 saturated carbocycles. The minimum Gasteiger partial charge on any atom is -0.0683 e. The molecule has 0 atom stereocenters. The molecular formula is C20H26. The van der Waals surface area contributed by atoms with Gasteiger partial charge in [0.05, 0.1) is 0 Å². The zero-order chi connectivity index (χ0) is 15.1. The highest BCUT2D eigenvalue weighted by molar-refractivity contribution is 5.73. The van der Waals surface area contributed by atoms with Gasteiger partial charge in [-0.3, -0.25) is 0 Å². The second kappa shape index (κ2) is 7.69. The van der Waals surface area contributed by atoms with E-state index in [0.717, 1.165) is 0 Å². The van der Waals surface area contributed by atoms with Gasteiger partial charge in [-0.25, -0.2) is 0 Å². The normalized spacial score (nSPS) is 10.3. The average molecular weight is 266 g/mol. The smallest absolute Gasteiger partial charge is 0.0198 e. The molecule has 0 heteroatoms. The third kappa shape index (κ3) is 4.38. The van der Waals surface area contributed by atoms with Crippen LogP contribution < -0.4 is 0 Å². The van der Waals surface area contributed by atoms with Gasteiger partial charge >= 0.3 is 0 Å². The van der Waals surface area contributed by atoms with E-state index in [1.54, 1.807) is 0 Å². The van der Waals surface area contributed by atoms with Crippen LogP contribution in [-0.4, -0.2) is 0 Å². The molecule has 0 amide bonds. The maximum absolute atomic E-state index is 2.24. The second-order valence-corrected chi connectivity index (χ2v) is 5.06. The largest absolute Gasteiger partial charge is 0.0683 e. The highest BCUT2D eigenvalue weighted by Crippen LogP contribution is 2.19. The van der Waals surface area contributed by atoms with Crippen LogP contribution in [0, 0.1) is 27.7 Å². The predicted octanol–water partition coefficient (Wildman–Crippen LogP) is 6.12. The molecule has 0 aromatic heterocycles. The molecule has 0 aliphatic carbocycles. The van der Waals surface area contributed by atoms with Gasteiger partial charge in [0.1, 0.15) is 0 Å². The van der Waals surface area contributed by atoms with Crippen LogP contribution in [0.3, 0.4) is 0 Å². The first kappa shape index (κ1) is 16.2. The van der Waals surface area contributed by atoms with Crippen molar-refractivity contribution in [2.24, 2.45) is 0 Å². The monoisotopic (exact) mass is 266 g/mol. The zero-order valence-electron chi connectivity index (χ0n) is 13.6. The topological polar surface area (TPSA) is 0 Å². The van der Waals surface area contributed by atoms with Crippen molar-refractivity contribution in [1.82, 2.24) is 0 Å². The molecule has 0 spiro atoms. The van der Waals surface area contributed by atoms with E-state index in [1.807, 2.05) is 13.8 Å². The summed E-state index contributed by atoms with van der Waals surface area (Å²) in [6.45, 7) is 12.6. The summed E-state index contributed by atoms with van der Waals surface area (Å²) in [5, 5.41) is 0. The van der Waals surface area contributed by atoms with Crippen molar-refractivity contribution in [3.05, 3.63) is 69.8 Å². The number of benzene rings is 2. The zero-order valence-corrected chi connectivity index (χ0v) is 13.6. The lowest BCUT2D eigenvalue weighted by Crippen LogP contribution is -1.88. The van der Waals surface area contributed by atoms with E-state index >= 15 is 0 Å². The van der Waals surface area contributed by atoms with Crippen molar-refractivity contribution < 1.29 is 0 Å². The maximum Gasteiger partial charge on any atom is -0.0198 e. The van der Waals surface area contributed by atoms with Crippen LogP contribution >= 0.6 is 0 Å². The minimum atomic E-state index is 1.25. The van der Waals surface area contributed by atoms with Crippen molar-refractivity contribution >= 4 is 12.2 Å².